The highest BCUT2D eigenvalue weighted by Gasteiger charge is 2.29. The second kappa shape index (κ2) is 7.28. The van der Waals surface area contributed by atoms with Gasteiger partial charge < -0.3 is 14.4 Å². The number of carboxylic acid groups (broad SMARTS) is 1. The lowest BCUT2D eigenvalue weighted by atomic mass is 9.84. The number of fused-ring (bicyclic) bond motifs is 3. The number of nitrogens with zero attached hydrogens (tertiary/aromatic N) is 1. The molecule has 0 saturated heterocycles. The van der Waals surface area contributed by atoms with Crippen LogP contribution in [0, 0.1) is 0 Å². The number of ether oxygens (including phenoxy) is 1. The van der Waals surface area contributed by atoms with Crippen molar-refractivity contribution < 1.29 is 14.6 Å². The number of halogens is 1. The highest BCUT2D eigenvalue weighted by molar-refractivity contribution is 6.30. The number of carboxylic acids is 1. The van der Waals surface area contributed by atoms with Crippen LogP contribution in [-0.2, 0) is 17.8 Å². The lowest BCUT2D eigenvalue weighted by Crippen LogP contribution is -2.17. The summed E-state index contributed by atoms with van der Waals surface area (Å²) in [4.78, 5) is 11.5. The summed E-state index contributed by atoms with van der Waals surface area (Å²) in [7, 11) is 1.67. The second-order valence-corrected chi connectivity index (χ2v) is 7.58. The van der Waals surface area contributed by atoms with E-state index in [1.807, 2.05) is 30.3 Å². The van der Waals surface area contributed by atoms with E-state index < -0.39 is 5.97 Å². The summed E-state index contributed by atoms with van der Waals surface area (Å²) in [5.41, 5.74) is 4.72. The van der Waals surface area contributed by atoms with Crippen LogP contribution in [0.1, 0.15) is 42.0 Å². The number of aromatic nitrogens is 1. The van der Waals surface area contributed by atoms with Gasteiger partial charge in [0.25, 0.3) is 0 Å². The van der Waals surface area contributed by atoms with Gasteiger partial charge in [0.05, 0.1) is 13.5 Å². The van der Waals surface area contributed by atoms with E-state index in [0.717, 1.165) is 36.1 Å². The van der Waals surface area contributed by atoms with Crippen molar-refractivity contribution in [1.29, 1.82) is 0 Å². The Labute approximate surface area is 163 Å². The van der Waals surface area contributed by atoms with Gasteiger partial charge in [-0.25, -0.2) is 0 Å². The maximum absolute atomic E-state index is 11.5. The molecular formula is C22H22ClNO3. The number of aryl methyl sites for hydroxylation is 1. The highest BCUT2D eigenvalue weighted by atomic mass is 35.5. The summed E-state index contributed by atoms with van der Waals surface area (Å²) in [6, 6.07) is 14.0. The molecule has 4 nitrogen and oxygen atoms in total. The quantitative estimate of drug-likeness (QED) is 0.655. The third kappa shape index (κ3) is 3.42. The van der Waals surface area contributed by atoms with Crippen LogP contribution in [0.5, 0.6) is 5.75 Å². The molecule has 0 aliphatic heterocycles. The zero-order chi connectivity index (χ0) is 19.0. The van der Waals surface area contributed by atoms with Gasteiger partial charge in [-0.1, -0.05) is 23.7 Å². The van der Waals surface area contributed by atoms with Gasteiger partial charge in [-0.15, -0.1) is 0 Å². The number of methoxy groups -OCH3 is 1. The van der Waals surface area contributed by atoms with Crippen LogP contribution in [0.2, 0.25) is 5.02 Å². The fourth-order valence-corrected chi connectivity index (χ4v) is 4.42. The summed E-state index contributed by atoms with van der Waals surface area (Å²) in [6.45, 7) is 0.700. The van der Waals surface area contributed by atoms with Gasteiger partial charge >= 0.3 is 5.97 Å². The first-order valence-electron chi connectivity index (χ1n) is 9.22. The zero-order valence-electron chi connectivity index (χ0n) is 15.2. The van der Waals surface area contributed by atoms with Crippen LogP contribution < -0.4 is 4.74 Å². The van der Waals surface area contributed by atoms with E-state index >= 15 is 0 Å². The molecule has 140 valence electrons. The van der Waals surface area contributed by atoms with E-state index in [4.69, 9.17) is 16.3 Å². The summed E-state index contributed by atoms with van der Waals surface area (Å²) >= 11 is 6.03. The van der Waals surface area contributed by atoms with Crippen molar-refractivity contribution in [1.82, 2.24) is 4.57 Å². The Kier molecular flexibility index (Phi) is 4.83. The average molecular weight is 384 g/mol. The van der Waals surface area contributed by atoms with Crippen LogP contribution in [0.25, 0.3) is 10.9 Å². The van der Waals surface area contributed by atoms with E-state index in [-0.39, 0.29) is 12.3 Å². The van der Waals surface area contributed by atoms with Crippen molar-refractivity contribution in [2.24, 2.45) is 0 Å². The molecule has 0 saturated carbocycles. The van der Waals surface area contributed by atoms with Crippen LogP contribution >= 0.6 is 11.6 Å². The Hall–Kier alpha value is -2.46. The smallest absolute Gasteiger partial charge is 0.304 e. The monoisotopic (exact) mass is 383 g/mol. The Morgan fingerprint density at radius 1 is 1.26 bits per heavy atom. The molecule has 2 aromatic carbocycles. The molecule has 1 aliphatic carbocycles. The van der Waals surface area contributed by atoms with E-state index in [2.05, 4.69) is 16.7 Å². The first-order valence-corrected chi connectivity index (χ1v) is 9.60. The molecule has 1 unspecified atom stereocenters. The minimum absolute atomic E-state index is 0.0388. The van der Waals surface area contributed by atoms with Gasteiger partial charge in [0.1, 0.15) is 5.75 Å². The fraction of sp³-hybridized carbons (Fsp3) is 0.318. The molecular weight excluding hydrogens is 362 g/mol. The normalized spacial score (nSPS) is 16.3. The molecule has 1 atom stereocenters. The molecule has 4 rings (SSSR count). The molecule has 0 fully saturated rings. The Morgan fingerprint density at radius 3 is 2.74 bits per heavy atom. The van der Waals surface area contributed by atoms with E-state index in [1.165, 1.54) is 16.6 Å². The van der Waals surface area contributed by atoms with Crippen molar-refractivity contribution in [3.05, 3.63) is 64.3 Å². The number of hydrogen-bond acceptors (Lipinski definition) is 2. The minimum atomic E-state index is -0.742. The van der Waals surface area contributed by atoms with Crippen molar-refractivity contribution in [2.45, 2.75) is 38.1 Å². The number of carbonyl (C=O) groups is 1. The zero-order valence-corrected chi connectivity index (χ0v) is 16.0. The van der Waals surface area contributed by atoms with Crippen LogP contribution in [0.4, 0.5) is 0 Å². The topological polar surface area (TPSA) is 51.5 Å². The van der Waals surface area contributed by atoms with Crippen LogP contribution in [0.3, 0.4) is 0 Å². The van der Waals surface area contributed by atoms with Gasteiger partial charge in [0, 0.05) is 34.1 Å². The van der Waals surface area contributed by atoms with Crippen molar-refractivity contribution in [3.63, 3.8) is 0 Å². The van der Waals surface area contributed by atoms with Gasteiger partial charge in [0.15, 0.2) is 0 Å². The lowest BCUT2D eigenvalue weighted by molar-refractivity contribution is -0.137. The predicted octanol–water partition coefficient (Wildman–Crippen LogP) is 5.25. The summed E-state index contributed by atoms with van der Waals surface area (Å²) in [6.07, 6.45) is 3.07. The maximum Gasteiger partial charge on any atom is 0.304 e. The molecule has 27 heavy (non-hydrogen) atoms. The third-order valence-electron chi connectivity index (χ3n) is 5.46. The Bertz CT molecular complexity index is 991. The van der Waals surface area contributed by atoms with Gasteiger partial charge in [-0.05, 0) is 60.7 Å². The number of benzene rings is 2. The minimum Gasteiger partial charge on any atom is -0.497 e. The summed E-state index contributed by atoms with van der Waals surface area (Å²) in [5, 5.41) is 11.3. The van der Waals surface area contributed by atoms with E-state index in [9.17, 15) is 9.90 Å². The van der Waals surface area contributed by atoms with Crippen molar-refractivity contribution >= 4 is 28.5 Å². The molecule has 1 aromatic heterocycles. The van der Waals surface area contributed by atoms with Gasteiger partial charge in [-0.3, -0.25) is 4.79 Å². The first kappa shape index (κ1) is 17.9. The number of hydrogen-bond donors (Lipinski definition) is 1. The molecule has 1 aliphatic rings. The van der Waals surface area contributed by atoms with E-state index in [0.29, 0.717) is 11.6 Å². The maximum atomic E-state index is 11.5. The van der Waals surface area contributed by atoms with Crippen molar-refractivity contribution in [3.8, 4) is 5.75 Å². The molecule has 0 amide bonds. The molecule has 1 N–H and O–H groups in total. The molecule has 3 aromatic rings. The fourth-order valence-electron chi connectivity index (χ4n) is 4.29. The molecule has 1 heterocycles. The first-order chi connectivity index (χ1) is 13.1. The molecule has 0 spiro atoms. The number of aliphatic carboxylic acids is 1. The summed E-state index contributed by atoms with van der Waals surface area (Å²) in [5.74, 6) is 0.125. The average Bonchev–Trinajstić information content (AvgIpc) is 2.97. The van der Waals surface area contributed by atoms with E-state index in [1.54, 1.807) is 7.11 Å². The molecule has 0 radical (unpaired) electrons. The Morgan fingerprint density at radius 2 is 2.04 bits per heavy atom. The molecule has 0 bridgehead atoms. The molecule has 5 heteroatoms. The van der Waals surface area contributed by atoms with Crippen molar-refractivity contribution in [2.75, 3.05) is 7.11 Å². The lowest BCUT2D eigenvalue weighted by Gasteiger charge is -2.24. The second-order valence-electron chi connectivity index (χ2n) is 7.15. The largest absolute Gasteiger partial charge is 0.497 e. The van der Waals surface area contributed by atoms with Gasteiger partial charge in [0.2, 0.25) is 0 Å². The van der Waals surface area contributed by atoms with Gasteiger partial charge in [-0.2, -0.15) is 0 Å². The third-order valence-corrected chi connectivity index (χ3v) is 5.71. The van der Waals surface area contributed by atoms with Crippen LogP contribution in [-0.4, -0.2) is 22.8 Å². The summed E-state index contributed by atoms with van der Waals surface area (Å²) < 4.78 is 7.72. The Balaban J connectivity index is 1.89. The van der Waals surface area contributed by atoms with Crippen LogP contribution in [0.15, 0.2) is 42.5 Å². The number of rotatable bonds is 5. The highest BCUT2D eigenvalue weighted by Crippen LogP contribution is 2.41. The predicted molar refractivity (Wildman–Crippen MR) is 107 cm³/mol. The SMILES string of the molecule is COc1ccc2c(c1)c1c(n2Cc2ccc(Cl)cc2)C(CC(=O)O)CCC1. The standard InChI is InChI=1S/C22H22ClNO3/c1-27-17-9-10-20-19(12-17)18-4-2-3-15(11-21(25)26)22(18)24(20)13-14-5-7-16(23)8-6-14/h5-10,12,15H,2-4,11,13H2,1H3,(H,25,26).